The van der Waals surface area contributed by atoms with Gasteiger partial charge in [0.25, 0.3) is 11.7 Å². The number of aliphatic hydroxyl groups is 1. The molecule has 0 saturated carbocycles. The highest BCUT2D eigenvalue weighted by molar-refractivity contribution is 6.46. The van der Waals surface area contributed by atoms with Crippen molar-refractivity contribution in [2.24, 2.45) is 0 Å². The number of likely N-dealkylation sites (tertiary alicyclic amines) is 1. The fourth-order valence-corrected chi connectivity index (χ4v) is 4.29. The van der Waals surface area contributed by atoms with E-state index < -0.39 is 17.7 Å². The van der Waals surface area contributed by atoms with Crippen LogP contribution < -0.4 is 4.74 Å². The molecular weight excluding hydrogens is 428 g/mol. The molecule has 1 atom stereocenters. The molecule has 1 fully saturated rings. The third-order valence-electron chi connectivity index (χ3n) is 6.33. The minimum atomic E-state index is -0.661. The Labute approximate surface area is 202 Å². The van der Waals surface area contributed by atoms with E-state index in [1.807, 2.05) is 56.3 Å². The second-order valence-electron chi connectivity index (χ2n) is 10.2. The Kier molecular flexibility index (Phi) is 7.51. The number of carbonyl (C=O) groups is 2. The summed E-state index contributed by atoms with van der Waals surface area (Å²) in [7, 11) is 5.54. The maximum absolute atomic E-state index is 13.3. The molecule has 1 amide bonds. The Hall–Kier alpha value is -3.12. The molecule has 1 N–H and O–H groups in total. The van der Waals surface area contributed by atoms with Gasteiger partial charge < -0.3 is 19.6 Å². The number of aryl methyl sites for hydroxylation is 1. The third kappa shape index (κ3) is 5.17. The van der Waals surface area contributed by atoms with Crippen molar-refractivity contribution < 1.29 is 19.4 Å². The summed E-state index contributed by atoms with van der Waals surface area (Å²) >= 11 is 0. The van der Waals surface area contributed by atoms with Crippen molar-refractivity contribution in [1.29, 1.82) is 0 Å². The van der Waals surface area contributed by atoms with Gasteiger partial charge in [0.1, 0.15) is 11.5 Å². The van der Waals surface area contributed by atoms with E-state index in [9.17, 15) is 14.7 Å². The molecule has 34 heavy (non-hydrogen) atoms. The zero-order valence-corrected chi connectivity index (χ0v) is 21.3. The highest BCUT2D eigenvalue weighted by Gasteiger charge is 2.46. The molecule has 2 aromatic carbocycles. The number of nitrogens with zero attached hydrogens (tertiary/aromatic N) is 2. The lowest BCUT2D eigenvalue weighted by Gasteiger charge is -2.26. The Morgan fingerprint density at radius 2 is 1.74 bits per heavy atom. The van der Waals surface area contributed by atoms with Crippen LogP contribution >= 0.6 is 0 Å². The van der Waals surface area contributed by atoms with E-state index in [0.717, 1.165) is 23.2 Å². The largest absolute Gasteiger partial charge is 0.507 e. The number of hydrogen-bond donors (Lipinski definition) is 1. The van der Waals surface area contributed by atoms with Gasteiger partial charge in [-0.2, -0.15) is 0 Å². The molecule has 1 aliphatic heterocycles. The first-order valence-corrected chi connectivity index (χ1v) is 11.6. The topological polar surface area (TPSA) is 70.1 Å². The second kappa shape index (κ2) is 10.0. The van der Waals surface area contributed by atoms with Crippen LogP contribution in [0, 0.1) is 6.92 Å². The summed E-state index contributed by atoms with van der Waals surface area (Å²) in [5.74, 6) is -0.672. The van der Waals surface area contributed by atoms with Crippen LogP contribution in [0.2, 0.25) is 0 Å². The Morgan fingerprint density at radius 3 is 2.29 bits per heavy atom. The normalized spacial score (nSPS) is 18.1. The Morgan fingerprint density at radius 1 is 1.09 bits per heavy atom. The average molecular weight is 465 g/mol. The predicted molar refractivity (Wildman–Crippen MR) is 135 cm³/mol. The first-order chi connectivity index (χ1) is 16.0. The number of rotatable bonds is 7. The monoisotopic (exact) mass is 464 g/mol. The SMILES string of the molecule is COc1ccc(C2/C(=C(\O)c3cc(C(C)(C)C)ccc3C)C(=O)C(=O)N2CCCN(C)C)cc1. The maximum Gasteiger partial charge on any atom is 0.295 e. The van der Waals surface area contributed by atoms with Crippen LogP contribution in [0.3, 0.4) is 0 Å². The lowest BCUT2D eigenvalue weighted by Crippen LogP contribution is -2.32. The van der Waals surface area contributed by atoms with Gasteiger partial charge in [0.05, 0.1) is 18.7 Å². The van der Waals surface area contributed by atoms with Crippen LogP contribution in [-0.4, -0.2) is 60.9 Å². The lowest BCUT2D eigenvalue weighted by atomic mass is 9.84. The number of carbonyl (C=O) groups excluding carboxylic acids is 2. The molecule has 1 saturated heterocycles. The van der Waals surface area contributed by atoms with Crippen molar-refractivity contribution in [3.05, 3.63) is 70.3 Å². The number of aliphatic hydroxyl groups excluding tert-OH is 1. The van der Waals surface area contributed by atoms with Gasteiger partial charge >= 0.3 is 0 Å². The fourth-order valence-electron chi connectivity index (χ4n) is 4.29. The van der Waals surface area contributed by atoms with Crippen LogP contribution in [0.4, 0.5) is 0 Å². The van der Waals surface area contributed by atoms with Crippen LogP contribution in [0.15, 0.2) is 48.0 Å². The van der Waals surface area contributed by atoms with Gasteiger partial charge in [0.15, 0.2) is 0 Å². The molecule has 0 aromatic heterocycles. The summed E-state index contributed by atoms with van der Waals surface area (Å²) in [5.41, 5.74) is 3.23. The standard InChI is InChI=1S/C28H36N2O4/c1-18-9-12-20(28(2,3)4)17-22(18)25(31)23-24(19-10-13-21(34-7)14-11-19)30(27(33)26(23)32)16-8-15-29(5)6/h9-14,17,24,31H,8,15-16H2,1-7H3/b25-23+. The van der Waals surface area contributed by atoms with Crippen LogP contribution in [0.5, 0.6) is 5.75 Å². The summed E-state index contributed by atoms with van der Waals surface area (Å²) in [6, 6.07) is 12.6. The summed E-state index contributed by atoms with van der Waals surface area (Å²) in [6.07, 6.45) is 0.714. The minimum Gasteiger partial charge on any atom is -0.507 e. The molecule has 182 valence electrons. The van der Waals surface area contributed by atoms with E-state index in [-0.39, 0.29) is 16.7 Å². The van der Waals surface area contributed by atoms with Gasteiger partial charge in [0, 0.05) is 12.1 Å². The third-order valence-corrected chi connectivity index (χ3v) is 6.33. The lowest BCUT2D eigenvalue weighted by molar-refractivity contribution is -0.139. The number of benzene rings is 2. The number of amides is 1. The quantitative estimate of drug-likeness (QED) is 0.366. The van der Waals surface area contributed by atoms with Crippen molar-refractivity contribution in [3.63, 3.8) is 0 Å². The van der Waals surface area contributed by atoms with Gasteiger partial charge in [-0.05, 0) is 74.3 Å². The zero-order chi connectivity index (χ0) is 25.2. The number of hydrogen-bond acceptors (Lipinski definition) is 5. The molecule has 0 aliphatic carbocycles. The van der Waals surface area contributed by atoms with E-state index in [0.29, 0.717) is 24.3 Å². The van der Waals surface area contributed by atoms with E-state index in [4.69, 9.17) is 4.74 Å². The molecule has 6 nitrogen and oxygen atoms in total. The van der Waals surface area contributed by atoms with Crippen molar-refractivity contribution in [2.75, 3.05) is 34.3 Å². The minimum absolute atomic E-state index is 0.127. The predicted octanol–water partition coefficient (Wildman–Crippen LogP) is 4.67. The molecular formula is C28H36N2O4. The molecule has 0 radical (unpaired) electrons. The average Bonchev–Trinajstić information content (AvgIpc) is 3.03. The summed E-state index contributed by atoms with van der Waals surface area (Å²) in [4.78, 5) is 30.0. The molecule has 3 rings (SSSR count). The molecule has 1 aliphatic rings. The zero-order valence-electron chi connectivity index (χ0n) is 21.3. The molecule has 0 spiro atoms. The Bertz CT molecular complexity index is 1090. The number of ketones is 1. The molecule has 0 bridgehead atoms. The number of methoxy groups -OCH3 is 1. The van der Waals surface area contributed by atoms with Crippen molar-refractivity contribution in [2.45, 2.75) is 45.6 Å². The number of ether oxygens (including phenoxy) is 1. The molecule has 6 heteroatoms. The van der Waals surface area contributed by atoms with E-state index >= 15 is 0 Å². The van der Waals surface area contributed by atoms with Crippen molar-refractivity contribution in [3.8, 4) is 5.75 Å². The van der Waals surface area contributed by atoms with Crippen LogP contribution in [-0.2, 0) is 15.0 Å². The first-order valence-electron chi connectivity index (χ1n) is 11.6. The summed E-state index contributed by atoms with van der Waals surface area (Å²) in [5, 5.41) is 11.5. The van der Waals surface area contributed by atoms with Gasteiger partial charge in [-0.3, -0.25) is 9.59 Å². The van der Waals surface area contributed by atoms with Gasteiger partial charge in [-0.25, -0.2) is 0 Å². The van der Waals surface area contributed by atoms with Gasteiger partial charge in [-0.1, -0.05) is 45.0 Å². The number of Topliss-reactive ketones (excluding diaryl/α,β-unsaturated/α-hetero) is 1. The first kappa shape index (κ1) is 25.5. The molecule has 2 aromatic rings. The van der Waals surface area contributed by atoms with Gasteiger partial charge in [0.2, 0.25) is 0 Å². The highest BCUT2D eigenvalue weighted by Crippen LogP contribution is 2.41. The fraction of sp³-hybridized carbons (Fsp3) is 0.429. The summed E-state index contributed by atoms with van der Waals surface area (Å²) < 4.78 is 5.28. The summed E-state index contributed by atoms with van der Waals surface area (Å²) in [6.45, 7) is 9.40. The Balaban J connectivity index is 2.16. The van der Waals surface area contributed by atoms with Gasteiger partial charge in [-0.15, -0.1) is 0 Å². The maximum atomic E-state index is 13.3. The second-order valence-corrected chi connectivity index (χ2v) is 10.2. The van der Waals surface area contributed by atoms with E-state index in [2.05, 4.69) is 20.8 Å². The smallest absolute Gasteiger partial charge is 0.295 e. The highest BCUT2D eigenvalue weighted by atomic mass is 16.5. The van der Waals surface area contributed by atoms with Crippen LogP contribution in [0.25, 0.3) is 5.76 Å². The van der Waals surface area contributed by atoms with E-state index in [1.54, 1.807) is 24.1 Å². The molecule has 1 heterocycles. The molecule has 1 unspecified atom stereocenters. The van der Waals surface area contributed by atoms with Crippen molar-refractivity contribution in [1.82, 2.24) is 9.80 Å². The van der Waals surface area contributed by atoms with E-state index in [1.165, 1.54) is 0 Å². The van der Waals surface area contributed by atoms with Crippen molar-refractivity contribution >= 4 is 17.4 Å². The van der Waals surface area contributed by atoms with Crippen LogP contribution in [0.1, 0.15) is 55.5 Å².